The lowest BCUT2D eigenvalue weighted by Gasteiger charge is -2.32. The summed E-state index contributed by atoms with van der Waals surface area (Å²) in [5.74, 6) is 0.849. The van der Waals surface area contributed by atoms with Crippen LogP contribution in [0.25, 0.3) is 0 Å². The molecule has 1 fully saturated rings. The molecule has 0 aromatic rings. The standard InChI is InChI=1S/C10H16O2/c11-10(6-2-1-3-7-10)9-5-4-8-12-9/h5,11H,1-4,6-8H2. The zero-order chi connectivity index (χ0) is 8.44. The van der Waals surface area contributed by atoms with Gasteiger partial charge in [0.2, 0.25) is 0 Å². The quantitative estimate of drug-likeness (QED) is 0.648. The van der Waals surface area contributed by atoms with E-state index in [4.69, 9.17) is 4.74 Å². The van der Waals surface area contributed by atoms with E-state index in [1.807, 2.05) is 6.08 Å². The second-order valence-corrected chi connectivity index (χ2v) is 3.80. The van der Waals surface area contributed by atoms with Gasteiger partial charge in [0, 0.05) is 6.42 Å². The van der Waals surface area contributed by atoms with E-state index in [9.17, 15) is 5.11 Å². The average Bonchev–Trinajstić information content (AvgIpc) is 2.58. The lowest BCUT2D eigenvalue weighted by molar-refractivity contribution is -0.00968. The van der Waals surface area contributed by atoms with E-state index in [1.165, 1.54) is 6.42 Å². The molecule has 1 aliphatic heterocycles. The molecule has 0 unspecified atom stereocenters. The molecule has 0 amide bonds. The van der Waals surface area contributed by atoms with Crippen LogP contribution in [0, 0.1) is 0 Å². The Morgan fingerprint density at radius 3 is 2.58 bits per heavy atom. The fraction of sp³-hybridized carbons (Fsp3) is 0.800. The van der Waals surface area contributed by atoms with Crippen molar-refractivity contribution in [1.29, 1.82) is 0 Å². The van der Waals surface area contributed by atoms with Crippen molar-refractivity contribution < 1.29 is 9.84 Å². The zero-order valence-electron chi connectivity index (χ0n) is 7.38. The van der Waals surface area contributed by atoms with Gasteiger partial charge in [-0.05, 0) is 18.9 Å². The van der Waals surface area contributed by atoms with Crippen LogP contribution in [-0.4, -0.2) is 17.3 Å². The summed E-state index contributed by atoms with van der Waals surface area (Å²) in [5.41, 5.74) is -0.602. The van der Waals surface area contributed by atoms with Crippen molar-refractivity contribution in [3.05, 3.63) is 11.8 Å². The molecule has 0 aromatic carbocycles. The molecule has 0 saturated heterocycles. The fourth-order valence-electron chi connectivity index (χ4n) is 2.13. The smallest absolute Gasteiger partial charge is 0.124 e. The Morgan fingerprint density at radius 1 is 1.25 bits per heavy atom. The fourth-order valence-corrected chi connectivity index (χ4v) is 2.13. The van der Waals surface area contributed by atoms with Crippen LogP contribution in [0.1, 0.15) is 38.5 Å². The molecule has 12 heavy (non-hydrogen) atoms. The molecule has 1 aliphatic carbocycles. The highest BCUT2D eigenvalue weighted by molar-refractivity contribution is 5.13. The van der Waals surface area contributed by atoms with Crippen molar-refractivity contribution in [1.82, 2.24) is 0 Å². The first-order chi connectivity index (χ1) is 5.81. The molecule has 0 aromatic heterocycles. The van der Waals surface area contributed by atoms with E-state index < -0.39 is 5.60 Å². The Labute approximate surface area is 73.2 Å². The van der Waals surface area contributed by atoms with Crippen LogP contribution in [0.4, 0.5) is 0 Å². The van der Waals surface area contributed by atoms with E-state index in [0.29, 0.717) is 0 Å². The van der Waals surface area contributed by atoms with E-state index in [1.54, 1.807) is 0 Å². The third kappa shape index (κ3) is 1.36. The summed E-state index contributed by atoms with van der Waals surface area (Å²) in [6, 6.07) is 0. The molecule has 2 aliphatic rings. The van der Waals surface area contributed by atoms with Crippen molar-refractivity contribution in [2.75, 3.05) is 6.61 Å². The predicted octanol–water partition coefficient (Wildman–Crippen LogP) is 1.99. The van der Waals surface area contributed by atoms with Crippen LogP contribution in [0.2, 0.25) is 0 Å². The largest absolute Gasteiger partial charge is 0.495 e. The topological polar surface area (TPSA) is 29.5 Å². The third-order valence-corrected chi connectivity index (χ3v) is 2.84. The monoisotopic (exact) mass is 168 g/mol. The minimum Gasteiger partial charge on any atom is -0.495 e. The van der Waals surface area contributed by atoms with E-state index in [-0.39, 0.29) is 0 Å². The van der Waals surface area contributed by atoms with Gasteiger partial charge in [0.05, 0.1) is 6.61 Å². The SMILES string of the molecule is OC1(C2=CCCO2)CCCCC1. The highest BCUT2D eigenvalue weighted by atomic mass is 16.5. The molecule has 2 heteroatoms. The van der Waals surface area contributed by atoms with Crippen molar-refractivity contribution in [3.8, 4) is 0 Å². The van der Waals surface area contributed by atoms with Crippen LogP contribution in [0.15, 0.2) is 11.8 Å². The molecule has 1 saturated carbocycles. The molecule has 1 heterocycles. The lowest BCUT2D eigenvalue weighted by atomic mass is 9.83. The second-order valence-electron chi connectivity index (χ2n) is 3.80. The molecule has 0 radical (unpaired) electrons. The van der Waals surface area contributed by atoms with Crippen molar-refractivity contribution in [3.63, 3.8) is 0 Å². The van der Waals surface area contributed by atoms with Gasteiger partial charge in [-0.2, -0.15) is 0 Å². The summed E-state index contributed by atoms with van der Waals surface area (Å²) in [5, 5.41) is 10.2. The Morgan fingerprint density at radius 2 is 2.00 bits per heavy atom. The summed E-state index contributed by atoms with van der Waals surface area (Å²) in [4.78, 5) is 0. The van der Waals surface area contributed by atoms with Gasteiger partial charge in [-0.3, -0.25) is 0 Å². The highest BCUT2D eigenvalue weighted by Crippen LogP contribution is 2.36. The number of hydrogen-bond acceptors (Lipinski definition) is 2. The Kier molecular flexibility index (Phi) is 2.09. The Balaban J connectivity index is 2.07. The predicted molar refractivity (Wildman–Crippen MR) is 46.7 cm³/mol. The van der Waals surface area contributed by atoms with Crippen LogP contribution < -0.4 is 0 Å². The minimum atomic E-state index is -0.602. The van der Waals surface area contributed by atoms with E-state index in [2.05, 4.69) is 0 Å². The summed E-state index contributed by atoms with van der Waals surface area (Å²) in [6.45, 7) is 0.762. The van der Waals surface area contributed by atoms with Crippen LogP contribution >= 0.6 is 0 Å². The Bertz CT molecular complexity index is 190. The maximum absolute atomic E-state index is 10.2. The van der Waals surface area contributed by atoms with Gasteiger partial charge in [0.25, 0.3) is 0 Å². The first-order valence-corrected chi connectivity index (χ1v) is 4.87. The zero-order valence-corrected chi connectivity index (χ0v) is 7.38. The van der Waals surface area contributed by atoms with E-state index >= 15 is 0 Å². The molecule has 2 nitrogen and oxygen atoms in total. The maximum Gasteiger partial charge on any atom is 0.124 e. The van der Waals surface area contributed by atoms with Crippen molar-refractivity contribution in [2.24, 2.45) is 0 Å². The van der Waals surface area contributed by atoms with Gasteiger partial charge < -0.3 is 9.84 Å². The molecule has 2 rings (SSSR count). The molecular weight excluding hydrogens is 152 g/mol. The number of rotatable bonds is 1. The summed E-state index contributed by atoms with van der Waals surface area (Å²) in [7, 11) is 0. The van der Waals surface area contributed by atoms with Gasteiger partial charge in [-0.15, -0.1) is 0 Å². The highest BCUT2D eigenvalue weighted by Gasteiger charge is 2.35. The first-order valence-electron chi connectivity index (χ1n) is 4.87. The number of ether oxygens (including phenoxy) is 1. The first kappa shape index (κ1) is 8.11. The molecule has 0 spiro atoms. The summed E-state index contributed by atoms with van der Waals surface area (Å²) < 4.78 is 5.41. The average molecular weight is 168 g/mol. The van der Waals surface area contributed by atoms with Gasteiger partial charge >= 0.3 is 0 Å². The molecule has 0 atom stereocenters. The Hall–Kier alpha value is -0.500. The third-order valence-electron chi connectivity index (χ3n) is 2.84. The van der Waals surface area contributed by atoms with Crippen LogP contribution in [-0.2, 0) is 4.74 Å². The number of hydrogen-bond donors (Lipinski definition) is 1. The van der Waals surface area contributed by atoms with Crippen molar-refractivity contribution >= 4 is 0 Å². The lowest BCUT2D eigenvalue weighted by Crippen LogP contribution is -2.33. The normalized spacial score (nSPS) is 27.9. The number of aliphatic hydroxyl groups is 1. The molecule has 0 bridgehead atoms. The van der Waals surface area contributed by atoms with Gasteiger partial charge in [0.15, 0.2) is 0 Å². The van der Waals surface area contributed by atoms with Crippen LogP contribution in [0.3, 0.4) is 0 Å². The molecule has 1 N–H and O–H groups in total. The maximum atomic E-state index is 10.2. The van der Waals surface area contributed by atoms with Crippen molar-refractivity contribution in [2.45, 2.75) is 44.1 Å². The summed E-state index contributed by atoms with van der Waals surface area (Å²) in [6.07, 6.45) is 8.32. The molecular formula is C10H16O2. The van der Waals surface area contributed by atoms with Gasteiger partial charge in [-0.1, -0.05) is 19.3 Å². The van der Waals surface area contributed by atoms with Gasteiger partial charge in [0.1, 0.15) is 11.4 Å². The van der Waals surface area contributed by atoms with E-state index in [0.717, 1.165) is 44.5 Å². The summed E-state index contributed by atoms with van der Waals surface area (Å²) >= 11 is 0. The van der Waals surface area contributed by atoms with Gasteiger partial charge in [-0.25, -0.2) is 0 Å². The minimum absolute atomic E-state index is 0.602. The second kappa shape index (κ2) is 3.09. The molecule has 68 valence electrons. The van der Waals surface area contributed by atoms with Crippen LogP contribution in [0.5, 0.6) is 0 Å².